The van der Waals surface area contributed by atoms with Crippen LogP contribution in [-0.2, 0) is 20.9 Å². The summed E-state index contributed by atoms with van der Waals surface area (Å²) in [6.45, 7) is 4.04. The molecule has 2 aromatic carbocycles. The SMILES string of the molecule is CCC(=O)N(c1ccccc1)C1(C(=O)OC)CCN(Cc2c[nH]c3ccccc23)CC1. The fourth-order valence-electron chi connectivity index (χ4n) is 4.66. The minimum atomic E-state index is -0.986. The van der Waals surface area contributed by atoms with Gasteiger partial charge in [0.2, 0.25) is 5.91 Å². The molecule has 31 heavy (non-hydrogen) atoms. The minimum Gasteiger partial charge on any atom is -0.467 e. The molecule has 0 aliphatic carbocycles. The van der Waals surface area contributed by atoms with E-state index in [-0.39, 0.29) is 11.9 Å². The molecule has 0 radical (unpaired) electrons. The predicted octanol–water partition coefficient (Wildman–Crippen LogP) is 4.12. The van der Waals surface area contributed by atoms with E-state index in [4.69, 9.17) is 4.74 Å². The standard InChI is InChI=1S/C25H29N3O3/c1-3-23(29)28(20-9-5-4-6-10-20)25(24(30)31-2)13-15-27(16-14-25)18-19-17-26-22-12-8-7-11-21(19)22/h4-12,17,26H,3,13-16,18H2,1-2H3. The average molecular weight is 420 g/mol. The number of piperidine rings is 1. The van der Waals surface area contributed by atoms with Crippen LogP contribution >= 0.6 is 0 Å². The van der Waals surface area contributed by atoms with E-state index in [0.29, 0.717) is 32.4 Å². The second kappa shape index (κ2) is 8.94. The Hall–Kier alpha value is -3.12. The van der Waals surface area contributed by atoms with Gasteiger partial charge in [-0.25, -0.2) is 4.79 Å². The number of nitrogens with zero attached hydrogens (tertiary/aromatic N) is 2. The fraction of sp³-hybridized carbons (Fsp3) is 0.360. The molecule has 1 saturated heterocycles. The number of anilines is 1. The smallest absolute Gasteiger partial charge is 0.332 e. The number of benzene rings is 2. The van der Waals surface area contributed by atoms with Crippen LogP contribution in [0.25, 0.3) is 10.9 Å². The second-order valence-electron chi connectivity index (χ2n) is 8.08. The van der Waals surface area contributed by atoms with Gasteiger partial charge in [0.15, 0.2) is 0 Å². The highest BCUT2D eigenvalue weighted by Crippen LogP contribution is 2.36. The molecule has 2 heterocycles. The summed E-state index contributed by atoms with van der Waals surface area (Å²) in [6.07, 6.45) is 3.45. The van der Waals surface area contributed by atoms with Crippen LogP contribution in [0.2, 0.25) is 0 Å². The number of ether oxygens (including phenoxy) is 1. The molecular formula is C25H29N3O3. The van der Waals surface area contributed by atoms with Crippen LogP contribution in [0, 0.1) is 0 Å². The molecule has 1 fully saturated rings. The number of aromatic nitrogens is 1. The zero-order chi connectivity index (χ0) is 21.8. The summed E-state index contributed by atoms with van der Waals surface area (Å²) in [5, 5.41) is 1.22. The third-order valence-corrected chi connectivity index (χ3v) is 6.31. The van der Waals surface area contributed by atoms with Gasteiger partial charge in [-0.05, 0) is 36.6 Å². The maximum Gasteiger partial charge on any atom is 0.332 e. The highest BCUT2D eigenvalue weighted by Gasteiger charge is 2.49. The molecule has 162 valence electrons. The Bertz CT molecular complexity index is 1050. The highest BCUT2D eigenvalue weighted by molar-refractivity contribution is 6.02. The van der Waals surface area contributed by atoms with E-state index in [1.54, 1.807) is 4.90 Å². The number of para-hydroxylation sites is 2. The first-order valence-electron chi connectivity index (χ1n) is 10.8. The summed E-state index contributed by atoms with van der Waals surface area (Å²) >= 11 is 0. The van der Waals surface area contributed by atoms with Gasteiger partial charge in [0.25, 0.3) is 0 Å². The Morgan fingerprint density at radius 2 is 1.74 bits per heavy atom. The third kappa shape index (κ3) is 3.95. The molecule has 1 aromatic heterocycles. The summed E-state index contributed by atoms with van der Waals surface area (Å²) in [7, 11) is 1.40. The van der Waals surface area contributed by atoms with Crippen LogP contribution in [0.1, 0.15) is 31.7 Å². The lowest BCUT2D eigenvalue weighted by Crippen LogP contribution is -2.62. The summed E-state index contributed by atoms with van der Waals surface area (Å²) in [4.78, 5) is 33.5. The first-order valence-corrected chi connectivity index (χ1v) is 10.8. The Balaban J connectivity index is 1.59. The van der Waals surface area contributed by atoms with Crippen molar-refractivity contribution in [3.05, 3.63) is 66.4 Å². The molecule has 3 aromatic rings. The molecule has 1 aliphatic heterocycles. The number of carbonyl (C=O) groups is 2. The van der Waals surface area contributed by atoms with Crippen molar-refractivity contribution in [2.45, 2.75) is 38.3 Å². The van der Waals surface area contributed by atoms with Crippen LogP contribution in [0.15, 0.2) is 60.8 Å². The van der Waals surface area contributed by atoms with Crippen molar-refractivity contribution in [3.8, 4) is 0 Å². The van der Waals surface area contributed by atoms with Crippen LogP contribution in [0.4, 0.5) is 5.69 Å². The van der Waals surface area contributed by atoms with Gasteiger partial charge in [-0.2, -0.15) is 0 Å². The average Bonchev–Trinajstić information content (AvgIpc) is 3.23. The zero-order valence-corrected chi connectivity index (χ0v) is 18.1. The maximum absolute atomic E-state index is 13.1. The van der Waals surface area contributed by atoms with Gasteiger partial charge in [0.05, 0.1) is 7.11 Å². The maximum atomic E-state index is 13.1. The largest absolute Gasteiger partial charge is 0.467 e. The number of methoxy groups -OCH3 is 1. The molecule has 1 amide bonds. The molecular weight excluding hydrogens is 390 g/mol. The van der Waals surface area contributed by atoms with Gasteiger partial charge in [-0.3, -0.25) is 14.6 Å². The first-order chi connectivity index (χ1) is 15.1. The van der Waals surface area contributed by atoms with Crippen LogP contribution in [0.3, 0.4) is 0 Å². The number of amides is 1. The molecule has 0 atom stereocenters. The molecule has 0 saturated carbocycles. The number of hydrogen-bond acceptors (Lipinski definition) is 4. The predicted molar refractivity (Wildman–Crippen MR) is 122 cm³/mol. The van der Waals surface area contributed by atoms with E-state index in [1.165, 1.54) is 18.1 Å². The Labute approximate surface area is 182 Å². The molecule has 0 bridgehead atoms. The molecule has 1 N–H and O–H groups in total. The quantitative estimate of drug-likeness (QED) is 0.611. The van der Waals surface area contributed by atoms with Gasteiger partial charge in [0, 0.05) is 48.8 Å². The number of fused-ring (bicyclic) bond motifs is 1. The molecule has 0 unspecified atom stereocenters. The van der Waals surface area contributed by atoms with Gasteiger partial charge >= 0.3 is 5.97 Å². The summed E-state index contributed by atoms with van der Waals surface area (Å²) in [5.41, 5.74) is 2.12. The lowest BCUT2D eigenvalue weighted by Gasteiger charge is -2.46. The number of likely N-dealkylation sites (tertiary alicyclic amines) is 1. The molecule has 6 nitrogen and oxygen atoms in total. The minimum absolute atomic E-state index is 0.0679. The monoisotopic (exact) mass is 419 g/mol. The van der Waals surface area contributed by atoms with Gasteiger partial charge < -0.3 is 9.72 Å². The highest BCUT2D eigenvalue weighted by atomic mass is 16.5. The second-order valence-corrected chi connectivity index (χ2v) is 8.08. The van der Waals surface area contributed by atoms with Crippen LogP contribution in [0.5, 0.6) is 0 Å². The van der Waals surface area contributed by atoms with Crippen molar-refractivity contribution in [3.63, 3.8) is 0 Å². The fourth-order valence-corrected chi connectivity index (χ4v) is 4.66. The van der Waals surface area contributed by atoms with Crippen molar-refractivity contribution >= 4 is 28.5 Å². The number of H-pyrrole nitrogens is 1. The van der Waals surface area contributed by atoms with E-state index in [2.05, 4.69) is 28.2 Å². The Kier molecular flexibility index (Phi) is 6.09. The molecule has 0 spiro atoms. The van der Waals surface area contributed by atoms with E-state index in [0.717, 1.165) is 17.7 Å². The summed E-state index contributed by atoms with van der Waals surface area (Å²) in [5.74, 6) is -0.411. The molecule has 4 rings (SSSR count). The van der Waals surface area contributed by atoms with E-state index in [1.807, 2.05) is 49.4 Å². The van der Waals surface area contributed by atoms with Crippen molar-refractivity contribution < 1.29 is 14.3 Å². The lowest BCUT2D eigenvalue weighted by molar-refractivity contribution is -0.151. The Morgan fingerprint density at radius 1 is 1.06 bits per heavy atom. The van der Waals surface area contributed by atoms with Crippen molar-refractivity contribution in [1.82, 2.24) is 9.88 Å². The van der Waals surface area contributed by atoms with Crippen LogP contribution < -0.4 is 4.90 Å². The number of aromatic amines is 1. The van der Waals surface area contributed by atoms with E-state index in [9.17, 15) is 9.59 Å². The number of rotatable bonds is 6. The Morgan fingerprint density at radius 3 is 2.42 bits per heavy atom. The molecule has 1 aliphatic rings. The van der Waals surface area contributed by atoms with Crippen LogP contribution in [-0.4, -0.2) is 47.5 Å². The topological polar surface area (TPSA) is 65.6 Å². The van der Waals surface area contributed by atoms with Gasteiger partial charge in [-0.1, -0.05) is 43.3 Å². The number of hydrogen-bond donors (Lipinski definition) is 1. The zero-order valence-electron chi connectivity index (χ0n) is 18.1. The summed E-state index contributed by atoms with van der Waals surface area (Å²) in [6, 6.07) is 17.7. The van der Waals surface area contributed by atoms with Gasteiger partial charge in [0.1, 0.15) is 5.54 Å². The molecule has 6 heteroatoms. The number of nitrogens with one attached hydrogen (secondary N) is 1. The van der Waals surface area contributed by atoms with Crippen molar-refractivity contribution in [2.24, 2.45) is 0 Å². The van der Waals surface area contributed by atoms with Crippen molar-refractivity contribution in [1.29, 1.82) is 0 Å². The number of esters is 1. The normalized spacial score (nSPS) is 16.2. The summed E-state index contributed by atoms with van der Waals surface area (Å²) < 4.78 is 5.23. The lowest BCUT2D eigenvalue weighted by atomic mass is 9.84. The number of carbonyl (C=O) groups excluding carboxylic acids is 2. The third-order valence-electron chi connectivity index (χ3n) is 6.31. The van der Waals surface area contributed by atoms with E-state index < -0.39 is 5.54 Å². The van der Waals surface area contributed by atoms with E-state index >= 15 is 0 Å². The first kappa shape index (κ1) is 21.1. The van der Waals surface area contributed by atoms with Gasteiger partial charge in [-0.15, -0.1) is 0 Å². The van der Waals surface area contributed by atoms with Crippen molar-refractivity contribution in [2.75, 3.05) is 25.1 Å².